The van der Waals surface area contributed by atoms with Gasteiger partial charge >= 0.3 is 0 Å². The standard InChI is InChI=1S/C20H16ClN7O3/c1-30-12-7-8-14(31-2)13(9-12)18-15-16(10-3-5-11(21)6-4-10)23-24-19(29)17(15)22-20-25-26-27-28(18)20/h3-9,18H,1-2H3,(H,24,29)(H,22,25,27). The van der Waals surface area contributed by atoms with Crippen molar-refractivity contribution in [2.45, 2.75) is 6.04 Å². The number of hydrogen-bond donors (Lipinski definition) is 2. The fraction of sp³-hybridized carbons (Fsp3) is 0.150. The number of methoxy groups -OCH3 is 2. The number of tetrazole rings is 1. The van der Waals surface area contributed by atoms with Crippen LogP contribution >= 0.6 is 11.6 Å². The van der Waals surface area contributed by atoms with E-state index in [1.54, 1.807) is 43.2 Å². The minimum atomic E-state index is -0.605. The number of benzene rings is 2. The van der Waals surface area contributed by atoms with Crippen molar-refractivity contribution in [3.63, 3.8) is 0 Å². The van der Waals surface area contributed by atoms with Crippen molar-refractivity contribution in [1.29, 1.82) is 0 Å². The van der Waals surface area contributed by atoms with Gasteiger partial charge in [0.25, 0.3) is 5.56 Å². The molecule has 0 saturated heterocycles. The summed E-state index contributed by atoms with van der Waals surface area (Å²) in [5, 5.41) is 22.5. The molecule has 0 spiro atoms. The van der Waals surface area contributed by atoms with Crippen LogP contribution in [0, 0.1) is 0 Å². The van der Waals surface area contributed by atoms with E-state index in [-0.39, 0.29) is 0 Å². The number of hydrogen-bond acceptors (Lipinski definition) is 8. The van der Waals surface area contributed by atoms with Gasteiger partial charge < -0.3 is 14.8 Å². The zero-order valence-corrected chi connectivity index (χ0v) is 17.2. The van der Waals surface area contributed by atoms with Gasteiger partial charge in [0.2, 0.25) is 5.95 Å². The Morgan fingerprint density at radius 3 is 2.65 bits per heavy atom. The highest BCUT2D eigenvalue weighted by Gasteiger charge is 2.36. The average molecular weight is 438 g/mol. The highest BCUT2D eigenvalue weighted by Crippen LogP contribution is 2.44. The number of aromatic amines is 1. The molecule has 2 aromatic carbocycles. The third-order valence-electron chi connectivity index (χ3n) is 5.12. The van der Waals surface area contributed by atoms with Crippen molar-refractivity contribution in [1.82, 2.24) is 30.4 Å². The number of halogens is 1. The first-order valence-corrected chi connectivity index (χ1v) is 9.64. The van der Waals surface area contributed by atoms with Gasteiger partial charge in [-0.1, -0.05) is 28.8 Å². The Labute approximate surface area is 180 Å². The van der Waals surface area contributed by atoms with Crippen LogP contribution in [-0.4, -0.2) is 44.6 Å². The molecule has 2 N–H and O–H groups in total. The first kappa shape index (κ1) is 19.1. The van der Waals surface area contributed by atoms with Crippen LogP contribution in [0.15, 0.2) is 47.3 Å². The van der Waals surface area contributed by atoms with E-state index in [4.69, 9.17) is 21.1 Å². The van der Waals surface area contributed by atoms with E-state index in [1.807, 2.05) is 18.2 Å². The van der Waals surface area contributed by atoms with Gasteiger partial charge in [-0.05, 0) is 40.8 Å². The molecule has 156 valence electrons. The zero-order valence-electron chi connectivity index (χ0n) is 16.5. The normalized spacial score (nSPS) is 14.4. The molecule has 31 heavy (non-hydrogen) atoms. The third-order valence-corrected chi connectivity index (χ3v) is 5.37. The van der Waals surface area contributed by atoms with Gasteiger partial charge in [-0.3, -0.25) is 4.79 Å². The Kier molecular flexibility index (Phi) is 4.55. The molecule has 0 aliphatic carbocycles. The SMILES string of the molecule is COc1ccc(OC)c(C2c3c(-c4ccc(Cl)cc4)n[nH]c(=O)c3Nc3nnnn32)c1. The second-order valence-corrected chi connectivity index (χ2v) is 7.22. The monoisotopic (exact) mass is 437 g/mol. The zero-order chi connectivity index (χ0) is 21.5. The molecule has 0 saturated carbocycles. The molecule has 11 heteroatoms. The molecule has 1 aliphatic rings. The second kappa shape index (κ2) is 7.40. The van der Waals surface area contributed by atoms with E-state index < -0.39 is 11.6 Å². The van der Waals surface area contributed by atoms with Crippen LogP contribution in [0.3, 0.4) is 0 Å². The van der Waals surface area contributed by atoms with Gasteiger partial charge in [-0.2, -0.15) is 9.78 Å². The smallest absolute Gasteiger partial charge is 0.288 e. The van der Waals surface area contributed by atoms with Gasteiger partial charge in [-0.15, -0.1) is 0 Å². The second-order valence-electron chi connectivity index (χ2n) is 6.78. The largest absolute Gasteiger partial charge is 0.497 e. The quantitative estimate of drug-likeness (QED) is 0.440. The summed E-state index contributed by atoms with van der Waals surface area (Å²) in [6, 6.07) is 12.0. The number of anilines is 2. The van der Waals surface area contributed by atoms with Crippen LogP contribution in [0.4, 0.5) is 11.6 Å². The molecule has 1 unspecified atom stereocenters. The fourth-order valence-electron chi connectivity index (χ4n) is 3.71. The number of rotatable bonds is 4. The molecule has 1 atom stereocenters. The highest BCUT2D eigenvalue weighted by atomic mass is 35.5. The molecule has 5 rings (SSSR count). The Hall–Kier alpha value is -3.92. The highest BCUT2D eigenvalue weighted by molar-refractivity contribution is 6.30. The summed E-state index contributed by atoms with van der Waals surface area (Å²) < 4.78 is 12.6. The van der Waals surface area contributed by atoms with E-state index in [2.05, 4.69) is 31.0 Å². The van der Waals surface area contributed by atoms with Gasteiger partial charge in [-0.25, -0.2) is 5.10 Å². The van der Waals surface area contributed by atoms with E-state index in [0.717, 1.165) is 5.56 Å². The van der Waals surface area contributed by atoms with E-state index in [1.165, 1.54) is 0 Å². The summed E-state index contributed by atoms with van der Waals surface area (Å²) in [5.41, 5.74) is 2.53. The van der Waals surface area contributed by atoms with Gasteiger partial charge in [0.1, 0.15) is 23.2 Å². The van der Waals surface area contributed by atoms with Crippen molar-refractivity contribution < 1.29 is 9.47 Å². The molecule has 3 heterocycles. The molecular weight excluding hydrogens is 422 g/mol. The predicted molar refractivity (Wildman–Crippen MR) is 113 cm³/mol. The predicted octanol–water partition coefficient (Wildman–Crippen LogP) is 2.79. The first-order chi connectivity index (χ1) is 15.1. The Bertz CT molecular complexity index is 1330. The van der Waals surface area contributed by atoms with Crippen LogP contribution in [-0.2, 0) is 0 Å². The molecule has 1 aliphatic heterocycles. The summed E-state index contributed by atoms with van der Waals surface area (Å²) in [6.45, 7) is 0. The van der Waals surface area contributed by atoms with Gasteiger partial charge in [0, 0.05) is 21.7 Å². The van der Waals surface area contributed by atoms with Crippen molar-refractivity contribution in [3.8, 4) is 22.8 Å². The minimum Gasteiger partial charge on any atom is -0.497 e. The number of aromatic nitrogens is 6. The average Bonchev–Trinajstić information content (AvgIpc) is 3.27. The van der Waals surface area contributed by atoms with Crippen LogP contribution in [0.1, 0.15) is 17.2 Å². The van der Waals surface area contributed by atoms with Crippen molar-refractivity contribution in [2.75, 3.05) is 19.5 Å². The summed E-state index contributed by atoms with van der Waals surface area (Å²) >= 11 is 6.07. The topological polar surface area (TPSA) is 120 Å². The summed E-state index contributed by atoms with van der Waals surface area (Å²) in [7, 11) is 3.15. The third kappa shape index (κ3) is 3.08. The first-order valence-electron chi connectivity index (χ1n) is 9.26. The molecule has 0 fully saturated rings. The van der Waals surface area contributed by atoms with Crippen LogP contribution in [0.5, 0.6) is 11.5 Å². The van der Waals surface area contributed by atoms with E-state index >= 15 is 0 Å². The van der Waals surface area contributed by atoms with Gasteiger partial charge in [0.15, 0.2) is 0 Å². The van der Waals surface area contributed by atoms with E-state index in [0.29, 0.717) is 45.0 Å². The number of H-pyrrole nitrogens is 1. The number of fused-ring (bicyclic) bond motifs is 2. The number of nitrogens with one attached hydrogen (secondary N) is 2. The maximum Gasteiger partial charge on any atom is 0.288 e. The molecule has 10 nitrogen and oxygen atoms in total. The lowest BCUT2D eigenvalue weighted by Crippen LogP contribution is -2.29. The molecule has 0 amide bonds. The lowest BCUT2D eigenvalue weighted by atomic mass is 9.92. The summed E-state index contributed by atoms with van der Waals surface area (Å²) in [5.74, 6) is 1.53. The number of nitrogens with zero attached hydrogens (tertiary/aromatic N) is 5. The van der Waals surface area contributed by atoms with Crippen molar-refractivity contribution in [3.05, 3.63) is 69.0 Å². The van der Waals surface area contributed by atoms with E-state index in [9.17, 15) is 4.79 Å². The maximum absolute atomic E-state index is 12.8. The van der Waals surface area contributed by atoms with Crippen molar-refractivity contribution >= 4 is 23.2 Å². The molecule has 2 aromatic heterocycles. The lowest BCUT2D eigenvalue weighted by molar-refractivity contribution is 0.392. The Balaban J connectivity index is 1.84. The molecule has 0 bridgehead atoms. The summed E-state index contributed by atoms with van der Waals surface area (Å²) in [4.78, 5) is 12.8. The summed E-state index contributed by atoms with van der Waals surface area (Å²) in [6.07, 6.45) is 0. The molecule has 0 radical (unpaired) electrons. The maximum atomic E-state index is 12.8. The molecule has 4 aromatic rings. The lowest BCUT2D eigenvalue weighted by Gasteiger charge is -2.28. The Morgan fingerprint density at radius 2 is 1.90 bits per heavy atom. The van der Waals surface area contributed by atoms with Gasteiger partial charge in [0.05, 0.1) is 19.9 Å². The molecular formula is C20H16ClN7O3. The Morgan fingerprint density at radius 1 is 1.10 bits per heavy atom. The van der Waals surface area contributed by atoms with Crippen LogP contribution in [0.2, 0.25) is 5.02 Å². The van der Waals surface area contributed by atoms with Crippen LogP contribution in [0.25, 0.3) is 11.3 Å². The fourth-order valence-corrected chi connectivity index (χ4v) is 3.83. The minimum absolute atomic E-state index is 0.303. The number of ether oxygens (including phenoxy) is 2. The van der Waals surface area contributed by atoms with Crippen molar-refractivity contribution in [2.24, 2.45) is 0 Å². The van der Waals surface area contributed by atoms with Crippen LogP contribution < -0.4 is 20.3 Å².